The molecule has 1 atom stereocenters. The molecule has 0 aliphatic rings. The van der Waals surface area contributed by atoms with Crippen LogP contribution in [0.1, 0.15) is 40.4 Å². The molecule has 0 radical (unpaired) electrons. The highest BCUT2D eigenvalue weighted by Crippen LogP contribution is 2.34. The molecule has 0 saturated heterocycles. The van der Waals surface area contributed by atoms with Crippen molar-refractivity contribution in [2.45, 2.75) is 25.4 Å². The summed E-state index contributed by atoms with van der Waals surface area (Å²) in [5, 5.41) is 0.400. The van der Waals surface area contributed by atoms with Crippen molar-refractivity contribution >= 4 is 23.5 Å². The number of ether oxygens (including phenoxy) is 1. The number of aromatic nitrogens is 1. The molecule has 0 aliphatic heterocycles. The Balaban J connectivity index is 2.08. The molecule has 0 spiro atoms. The van der Waals surface area contributed by atoms with Gasteiger partial charge in [-0.05, 0) is 41.8 Å². The number of hydrogen-bond donors (Lipinski definition) is 0. The third kappa shape index (κ3) is 5.88. The van der Waals surface area contributed by atoms with Gasteiger partial charge >= 0.3 is 5.97 Å². The predicted octanol–water partition coefficient (Wildman–Crippen LogP) is 5.35. The Morgan fingerprint density at radius 3 is 2.44 bits per heavy atom. The monoisotopic (exact) mass is 458 g/mol. The van der Waals surface area contributed by atoms with Crippen molar-refractivity contribution in [3.63, 3.8) is 0 Å². The number of rotatable bonds is 8. The summed E-state index contributed by atoms with van der Waals surface area (Å²) in [5.74, 6) is -2.79. The van der Waals surface area contributed by atoms with Crippen LogP contribution in [0, 0.1) is 11.6 Å². The van der Waals surface area contributed by atoms with E-state index in [1.54, 1.807) is 48.8 Å². The molecule has 0 N–H and O–H groups in total. The van der Waals surface area contributed by atoms with Crippen molar-refractivity contribution in [2.24, 2.45) is 0 Å². The van der Waals surface area contributed by atoms with E-state index < -0.39 is 29.6 Å². The molecule has 1 amide bonds. The summed E-state index contributed by atoms with van der Waals surface area (Å²) in [4.78, 5) is 30.9. The smallest absolute Gasteiger partial charge is 0.305 e. The first kappa shape index (κ1) is 23.3. The number of methoxy groups -OCH3 is 1. The van der Waals surface area contributed by atoms with Gasteiger partial charge in [-0.1, -0.05) is 35.9 Å². The number of hydrogen-bond acceptors (Lipinski definition) is 4. The van der Waals surface area contributed by atoms with E-state index in [0.717, 1.165) is 12.1 Å². The van der Waals surface area contributed by atoms with Crippen LogP contribution < -0.4 is 0 Å². The van der Waals surface area contributed by atoms with E-state index >= 15 is 0 Å². The number of esters is 1. The van der Waals surface area contributed by atoms with Crippen LogP contribution in [-0.2, 0) is 16.1 Å². The molecule has 0 unspecified atom stereocenters. The molecule has 5 nitrogen and oxygen atoms in total. The van der Waals surface area contributed by atoms with Gasteiger partial charge in [-0.15, -0.1) is 0 Å². The zero-order valence-electron chi connectivity index (χ0n) is 17.3. The van der Waals surface area contributed by atoms with Crippen LogP contribution in [-0.4, -0.2) is 28.9 Å². The van der Waals surface area contributed by atoms with Gasteiger partial charge in [0, 0.05) is 42.0 Å². The van der Waals surface area contributed by atoms with Crippen molar-refractivity contribution in [3.05, 3.63) is 100 Å². The first-order chi connectivity index (χ1) is 15.4. The summed E-state index contributed by atoms with van der Waals surface area (Å²) >= 11 is 6.43. The number of pyridine rings is 1. The minimum Gasteiger partial charge on any atom is -0.469 e. The minimum absolute atomic E-state index is 0.0146. The number of nitrogens with zero attached hydrogens (tertiary/aromatic N) is 2. The first-order valence-corrected chi connectivity index (χ1v) is 10.2. The van der Waals surface area contributed by atoms with Gasteiger partial charge in [0.2, 0.25) is 0 Å². The van der Waals surface area contributed by atoms with Crippen LogP contribution in [0.3, 0.4) is 0 Å². The number of carbonyl (C=O) groups excluding carboxylic acids is 2. The van der Waals surface area contributed by atoms with Gasteiger partial charge in [-0.2, -0.15) is 0 Å². The Labute approximate surface area is 189 Å². The van der Waals surface area contributed by atoms with Crippen molar-refractivity contribution < 1.29 is 23.1 Å². The molecule has 3 aromatic rings. The fraction of sp³-hybridized carbons (Fsp3) is 0.208. The van der Waals surface area contributed by atoms with E-state index in [1.165, 1.54) is 12.0 Å². The summed E-state index contributed by atoms with van der Waals surface area (Å²) < 4.78 is 32.5. The van der Waals surface area contributed by atoms with E-state index in [4.69, 9.17) is 16.3 Å². The Bertz CT molecular complexity index is 1080. The van der Waals surface area contributed by atoms with Crippen LogP contribution in [0.2, 0.25) is 5.02 Å². The number of amides is 1. The highest BCUT2D eigenvalue weighted by Gasteiger charge is 2.29. The van der Waals surface area contributed by atoms with Crippen molar-refractivity contribution in [1.82, 2.24) is 9.88 Å². The lowest BCUT2D eigenvalue weighted by atomic mass is 9.98. The minimum atomic E-state index is -0.862. The predicted molar refractivity (Wildman–Crippen MR) is 116 cm³/mol. The van der Waals surface area contributed by atoms with Crippen LogP contribution in [0.4, 0.5) is 8.78 Å². The van der Waals surface area contributed by atoms with E-state index in [1.807, 2.05) is 0 Å². The molecular formula is C24H21ClF2N2O3. The van der Waals surface area contributed by atoms with E-state index in [2.05, 4.69) is 4.98 Å². The van der Waals surface area contributed by atoms with Gasteiger partial charge in [0.15, 0.2) is 0 Å². The normalized spacial score (nSPS) is 11.6. The first-order valence-electron chi connectivity index (χ1n) is 9.86. The Morgan fingerprint density at radius 1 is 1.09 bits per heavy atom. The number of benzene rings is 2. The van der Waals surface area contributed by atoms with Crippen molar-refractivity contribution in [2.75, 3.05) is 7.11 Å². The van der Waals surface area contributed by atoms with Gasteiger partial charge in [0.1, 0.15) is 11.6 Å². The van der Waals surface area contributed by atoms with E-state index in [-0.39, 0.29) is 24.9 Å². The van der Waals surface area contributed by atoms with Crippen LogP contribution in [0.5, 0.6) is 0 Å². The summed E-state index contributed by atoms with van der Waals surface area (Å²) in [6.07, 6.45) is 3.40. The highest BCUT2D eigenvalue weighted by atomic mass is 35.5. The van der Waals surface area contributed by atoms with Crippen molar-refractivity contribution in [1.29, 1.82) is 0 Å². The molecule has 0 bridgehead atoms. The Morgan fingerprint density at radius 2 is 1.81 bits per heavy atom. The van der Waals surface area contributed by atoms with Crippen LogP contribution in [0.25, 0.3) is 0 Å². The summed E-state index contributed by atoms with van der Waals surface area (Å²) in [6.45, 7) is 0.0852. The van der Waals surface area contributed by atoms with E-state index in [0.29, 0.717) is 22.2 Å². The SMILES string of the molecule is COC(=O)CC[C@H](c1ccccc1Cl)N(Cc1cccnc1)C(=O)c1cc(F)cc(F)c1. The molecule has 0 saturated carbocycles. The lowest BCUT2D eigenvalue weighted by molar-refractivity contribution is -0.141. The van der Waals surface area contributed by atoms with Gasteiger partial charge in [0.25, 0.3) is 5.91 Å². The highest BCUT2D eigenvalue weighted by molar-refractivity contribution is 6.31. The van der Waals surface area contributed by atoms with Crippen molar-refractivity contribution in [3.8, 4) is 0 Å². The fourth-order valence-corrected chi connectivity index (χ4v) is 3.70. The third-order valence-electron chi connectivity index (χ3n) is 4.94. The standard InChI is InChI=1S/C24H21ClF2N2O3/c1-32-23(30)9-8-22(20-6-2-3-7-21(20)25)29(15-16-5-4-10-28-14-16)24(31)17-11-18(26)13-19(27)12-17/h2-7,10-14,22H,8-9,15H2,1H3/t22-/m1/s1. The zero-order valence-corrected chi connectivity index (χ0v) is 18.1. The molecule has 0 aliphatic carbocycles. The second-order valence-corrected chi connectivity index (χ2v) is 7.51. The molecule has 2 aromatic carbocycles. The Hall–Kier alpha value is -3.32. The maximum Gasteiger partial charge on any atom is 0.305 e. The third-order valence-corrected chi connectivity index (χ3v) is 5.28. The summed E-state index contributed by atoms with van der Waals surface area (Å²) in [6, 6.07) is 12.4. The summed E-state index contributed by atoms with van der Waals surface area (Å²) in [5.41, 5.74) is 1.15. The molecular weight excluding hydrogens is 438 g/mol. The average Bonchev–Trinajstić information content (AvgIpc) is 2.78. The van der Waals surface area contributed by atoms with Crippen LogP contribution >= 0.6 is 11.6 Å². The van der Waals surface area contributed by atoms with Gasteiger partial charge in [-0.25, -0.2) is 8.78 Å². The lowest BCUT2D eigenvalue weighted by Crippen LogP contribution is -2.35. The molecule has 0 fully saturated rings. The lowest BCUT2D eigenvalue weighted by Gasteiger charge is -2.33. The van der Waals surface area contributed by atoms with E-state index in [9.17, 15) is 18.4 Å². The van der Waals surface area contributed by atoms with Crippen LogP contribution in [0.15, 0.2) is 67.0 Å². The maximum absolute atomic E-state index is 13.9. The fourth-order valence-electron chi connectivity index (χ4n) is 3.44. The molecule has 8 heteroatoms. The zero-order chi connectivity index (χ0) is 23.1. The van der Waals surface area contributed by atoms with Gasteiger partial charge in [0.05, 0.1) is 13.2 Å². The molecule has 1 aromatic heterocycles. The average molecular weight is 459 g/mol. The Kier molecular flexibility index (Phi) is 7.89. The summed E-state index contributed by atoms with van der Waals surface area (Å²) in [7, 11) is 1.28. The quantitative estimate of drug-likeness (QED) is 0.427. The molecule has 166 valence electrons. The number of halogens is 3. The van der Waals surface area contributed by atoms with Gasteiger partial charge in [-0.3, -0.25) is 14.6 Å². The molecule has 3 rings (SSSR count). The molecule has 32 heavy (non-hydrogen) atoms. The van der Waals surface area contributed by atoms with Gasteiger partial charge < -0.3 is 9.64 Å². The second-order valence-electron chi connectivity index (χ2n) is 7.10. The number of carbonyl (C=O) groups is 2. The second kappa shape index (κ2) is 10.8. The largest absolute Gasteiger partial charge is 0.469 e. The maximum atomic E-state index is 13.9. The topological polar surface area (TPSA) is 59.5 Å². The molecule has 1 heterocycles.